The zero-order chi connectivity index (χ0) is 9.54. The van der Waals surface area contributed by atoms with Gasteiger partial charge in [-0.25, -0.2) is 9.97 Å². The molecule has 1 amide bonds. The van der Waals surface area contributed by atoms with E-state index in [4.69, 9.17) is 0 Å². The molecule has 0 bridgehead atoms. The standard InChI is InChI=1S/C9H6N4O/c14-6-2-1-5-3-10-8-7(5)9(13-6)12-4-11-8/h1-4H,(H2,10,11,12,13,14). The Bertz CT molecular complexity index is 555. The number of anilines is 1. The van der Waals surface area contributed by atoms with Crippen molar-refractivity contribution in [3.05, 3.63) is 24.2 Å². The Morgan fingerprint density at radius 1 is 1.21 bits per heavy atom. The molecule has 3 heterocycles. The van der Waals surface area contributed by atoms with E-state index >= 15 is 0 Å². The van der Waals surface area contributed by atoms with Crippen LogP contribution in [-0.4, -0.2) is 20.9 Å². The van der Waals surface area contributed by atoms with E-state index in [1.807, 2.05) is 0 Å². The second-order valence-electron chi connectivity index (χ2n) is 3.01. The Balaban J connectivity index is 2.44. The monoisotopic (exact) mass is 186 g/mol. The molecule has 0 spiro atoms. The molecule has 0 saturated carbocycles. The molecule has 2 aromatic heterocycles. The van der Waals surface area contributed by atoms with E-state index in [0.717, 1.165) is 16.6 Å². The van der Waals surface area contributed by atoms with Crippen LogP contribution in [-0.2, 0) is 4.79 Å². The maximum Gasteiger partial charge on any atom is 0.249 e. The normalized spacial score (nSPS) is 14.1. The van der Waals surface area contributed by atoms with Crippen LogP contribution >= 0.6 is 0 Å². The lowest BCUT2D eigenvalue weighted by Gasteiger charge is -1.99. The molecule has 3 rings (SSSR count). The van der Waals surface area contributed by atoms with Gasteiger partial charge in [0.25, 0.3) is 0 Å². The highest BCUT2D eigenvalue weighted by Crippen LogP contribution is 2.25. The van der Waals surface area contributed by atoms with Crippen molar-refractivity contribution in [3.63, 3.8) is 0 Å². The van der Waals surface area contributed by atoms with Crippen molar-refractivity contribution in [2.24, 2.45) is 0 Å². The smallest absolute Gasteiger partial charge is 0.249 e. The van der Waals surface area contributed by atoms with Gasteiger partial charge in [0.05, 0.1) is 5.39 Å². The van der Waals surface area contributed by atoms with Crippen LogP contribution in [0.2, 0.25) is 0 Å². The number of carbonyl (C=O) groups excluding carboxylic acids is 1. The van der Waals surface area contributed by atoms with E-state index in [0.29, 0.717) is 5.82 Å². The fourth-order valence-electron chi connectivity index (χ4n) is 1.54. The van der Waals surface area contributed by atoms with Gasteiger partial charge in [-0.2, -0.15) is 0 Å². The average Bonchev–Trinajstić information content (AvgIpc) is 2.51. The van der Waals surface area contributed by atoms with E-state index in [-0.39, 0.29) is 5.91 Å². The van der Waals surface area contributed by atoms with Gasteiger partial charge in [-0.15, -0.1) is 0 Å². The first-order chi connectivity index (χ1) is 6.84. The van der Waals surface area contributed by atoms with E-state index in [1.165, 1.54) is 12.4 Å². The molecule has 2 aromatic rings. The molecule has 2 N–H and O–H groups in total. The lowest BCUT2D eigenvalue weighted by atomic mass is 10.2. The summed E-state index contributed by atoms with van der Waals surface area (Å²) in [5, 5.41) is 3.53. The maximum absolute atomic E-state index is 11.2. The molecule has 0 saturated heterocycles. The highest BCUT2D eigenvalue weighted by atomic mass is 16.1. The van der Waals surface area contributed by atoms with Crippen LogP contribution in [0, 0.1) is 0 Å². The summed E-state index contributed by atoms with van der Waals surface area (Å²) in [5.74, 6) is 0.391. The summed E-state index contributed by atoms with van der Waals surface area (Å²) in [6.07, 6.45) is 6.45. The van der Waals surface area contributed by atoms with Gasteiger partial charge < -0.3 is 10.3 Å². The highest BCUT2D eigenvalue weighted by molar-refractivity contribution is 6.10. The number of amides is 1. The summed E-state index contributed by atoms with van der Waals surface area (Å²) < 4.78 is 0. The zero-order valence-corrected chi connectivity index (χ0v) is 7.11. The third-order valence-corrected chi connectivity index (χ3v) is 2.16. The molecule has 0 radical (unpaired) electrons. The first kappa shape index (κ1) is 7.25. The molecule has 14 heavy (non-hydrogen) atoms. The SMILES string of the molecule is O=C1C=Cc2c[nH]c3ncnc(c23)N1. The number of hydrogen-bond acceptors (Lipinski definition) is 3. The molecule has 68 valence electrons. The number of carbonyl (C=O) groups is 1. The molecule has 0 aromatic carbocycles. The van der Waals surface area contributed by atoms with Crippen LogP contribution in [0.5, 0.6) is 0 Å². The van der Waals surface area contributed by atoms with Gasteiger partial charge in [-0.3, -0.25) is 4.79 Å². The van der Waals surface area contributed by atoms with E-state index in [9.17, 15) is 4.79 Å². The van der Waals surface area contributed by atoms with E-state index < -0.39 is 0 Å². The molecule has 0 atom stereocenters. The van der Waals surface area contributed by atoms with Gasteiger partial charge in [0.2, 0.25) is 5.91 Å². The number of H-pyrrole nitrogens is 1. The Hall–Kier alpha value is -2.17. The van der Waals surface area contributed by atoms with Crippen LogP contribution in [0.1, 0.15) is 5.56 Å². The van der Waals surface area contributed by atoms with Gasteiger partial charge in [0.15, 0.2) is 0 Å². The van der Waals surface area contributed by atoms with Gasteiger partial charge in [0.1, 0.15) is 17.8 Å². The maximum atomic E-state index is 11.2. The Labute approximate surface area is 78.9 Å². The summed E-state index contributed by atoms with van der Waals surface area (Å²) in [5.41, 5.74) is 1.66. The summed E-state index contributed by atoms with van der Waals surface area (Å²) in [6, 6.07) is 0. The summed E-state index contributed by atoms with van der Waals surface area (Å²) in [6.45, 7) is 0. The van der Waals surface area contributed by atoms with Crippen LogP contribution in [0.3, 0.4) is 0 Å². The second-order valence-corrected chi connectivity index (χ2v) is 3.01. The minimum atomic E-state index is -0.166. The van der Waals surface area contributed by atoms with Gasteiger partial charge in [-0.1, -0.05) is 0 Å². The number of rotatable bonds is 0. The van der Waals surface area contributed by atoms with E-state index in [2.05, 4.69) is 20.3 Å². The number of aromatic amines is 1. The first-order valence-corrected chi connectivity index (χ1v) is 4.16. The topological polar surface area (TPSA) is 70.7 Å². The minimum Gasteiger partial charge on any atom is -0.345 e. The molecule has 0 fully saturated rings. The summed E-state index contributed by atoms with van der Waals surface area (Å²) in [4.78, 5) is 22.3. The molecule has 1 aliphatic heterocycles. The first-order valence-electron chi connectivity index (χ1n) is 4.16. The third kappa shape index (κ3) is 0.861. The predicted molar refractivity (Wildman–Crippen MR) is 51.6 cm³/mol. The van der Waals surface area contributed by atoms with E-state index in [1.54, 1.807) is 12.3 Å². The molecular formula is C9H6N4O. The zero-order valence-electron chi connectivity index (χ0n) is 7.11. The fourth-order valence-corrected chi connectivity index (χ4v) is 1.54. The predicted octanol–water partition coefficient (Wildman–Crippen LogP) is 0.923. The molecule has 5 nitrogen and oxygen atoms in total. The van der Waals surface area contributed by atoms with Gasteiger partial charge in [-0.05, 0) is 6.08 Å². The number of nitrogens with zero attached hydrogens (tertiary/aromatic N) is 2. The van der Waals surface area contributed by atoms with Crippen molar-refractivity contribution in [1.82, 2.24) is 15.0 Å². The van der Waals surface area contributed by atoms with Crippen molar-refractivity contribution in [3.8, 4) is 0 Å². The van der Waals surface area contributed by atoms with Crippen molar-refractivity contribution in [2.75, 3.05) is 5.32 Å². The number of aromatic nitrogens is 3. The average molecular weight is 186 g/mol. The van der Waals surface area contributed by atoms with Crippen molar-refractivity contribution < 1.29 is 4.79 Å². The lowest BCUT2D eigenvalue weighted by molar-refractivity contribution is -0.111. The number of hydrogen-bond donors (Lipinski definition) is 2. The molecule has 1 aliphatic rings. The van der Waals surface area contributed by atoms with Crippen molar-refractivity contribution in [1.29, 1.82) is 0 Å². The lowest BCUT2D eigenvalue weighted by Crippen LogP contribution is -2.08. The van der Waals surface area contributed by atoms with Crippen molar-refractivity contribution >= 4 is 28.8 Å². The van der Waals surface area contributed by atoms with Gasteiger partial charge >= 0.3 is 0 Å². The van der Waals surface area contributed by atoms with Crippen molar-refractivity contribution in [2.45, 2.75) is 0 Å². The van der Waals surface area contributed by atoms with Crippen LogP contribution < -0.4 is 5.32 Å². The quantitative estimate of drug-likeness (QED) is 0.642. The Morgan fingerprint density at radius 3 is 3.07 bits per heavy atom. The van der Waals surface area contributed by atoms with Crippen LogP contribution in [0.15, 0.2) is 18.6 Å². The van der Waals surface area contributed by atoms with Gasteiger partial charge in [0, 0.05) is 17.8 Å². The molecule has 0 unspecified atom stereocenters. The Morgan fingerprint density at radius 2 is 2.14 bits per heavy atom. The highest BCUT2D eigenvalue weighted by Gasteiger charge is 2.13. The number of nitrogens with one attached hydrogen (secondary N) is 2. The molecule has 0 aliphatic carbocycles. The second kappa shape index (κ2) is 2.41. The summed E-state index contributed by atoms with van der Waals surface area (Å²) >= 11 is 0. The minimum absolute atomic E-state index is 0.166. The van der Waals surface area contributed by atoms with Crippen LogP contribution in [0.25, 0.3) is 17.1 Å². The van der Waals surface area contributed by atoms with Crippen LogP contribution in [0.4, 0.5) is 5.82 Å². The third-order valence-electron chi connectivity index (χ3n) is 2.16. The Kier molecular flexibility index (Phi) is 1.25. The fraction of sp³-hybridized carbons (Fsp3) is 0. The largest absolute Gasteiger partial charge is 0.345 e. The molecular weight excluding hydrogens is 180 g/mol. The molecule has 5 heteroatoms. The summed E-state index contributed by atoms with van der Waals surface area (Å²) in [7, 11) is 0.